The van der Waals surface area contributed by atoms with Gasteiger partial charge in [-0.15, -0.1) is 0 Å². The predicted octanol–water partition coefficient (Wildman–Crippen LogP) is 3.85. The molecule has 0 atom stereocenters. The lowest BCUT2D eigenvalue weighted by Gasteiger charge is -2.10. The maximum atomic E-state index is 8.36. The molecule has 2 aromatic carbocycles. The van der Waals surface area contributed by atoms with Gasteiger partial charge in [0, 0.05) is 17.4 Å². The van der Waals surface area contributed by atoms with Crippen molar-refractivity contribution in [3.05, 3.63) is 78.0 Å². The van der Waals surface area contributed by atoms with Crippen molar-refractivity contribution in [2.24, 2.45) is 5.73 Å². The zero-order valence-corrected chi connectivity index (χ0v) is 16.3. The minimum absolute atomic E-state index is 0.250. The standard InChI is InChI=1S/C22H22N4.CH2O2/c1-2-16-5-9-18(10-6-16)21-25-20-4-3-15-24-22(20)26(21)19-11-7-17(8-12-19)13-14-23;2-1-3/h3-12,15H,2,13-14,23H2,1H3;1H,(H,2,3). The highest BCUT2D eigenvalue weighted by Crippen LogP contribution is 2.28. The van der Waals surface area contributed by atoms with Crippen molar-refractivity contribution in [2.45, 2.75) is 19.8 Å². The smallest absolute Gasteiger partial charge is 0.290 e. The molecule has 0 spiro atoms. The van der Waals surface area contributed by atoms with Crippen LogP contribution in [0.1, 0.15) is 18.1 Å². The van der Waals surface area contributed by atoms with E-state index in [0.717, 1.165) is 41.1 Å². The zero-order valence-electron chi connectivity index (χ0n) is 16.3. The number of aryl methyl sites for hydroxylation is 1. The lowest BCUT2D eigenvalue weighted by atomic mass is 10.1. The fourth-order valence-corrected chi connectivity index (χ4v) is 3.22. The molecule has 0 amide bonds. The fraction of sp³-hybridized carbons (Fsp3) is 0.174. The summed E-state index contributed by atoms with van der Waals surface area (Å²) < 4.78 is 2.13. The number of carboxylic acid groups (broad SMARTS) is 1. The van der Waals surface area contributed by atoms with E-state index in [1.165, 1.54) is 11.1 Å². The summed E-state index contributed by atoms with van der Waals surface area (Å²) in [5.41, 5.74) is 12.1. The molecule has 29 heavy (non-hydrogen) atoms. The Bertz CT molecular complexity index is 1070. The highest BCUT2D eigenvalue weighted by atomic mass is 16.3. The van der Waals surface area contributed by atoms with Crippen LogP contribution in [0.15, 0.2) is 66.9 Å². The molecule has 3 N–H and O–H groups in total. The van der Waals surface area contributed by atoms with Crippen molar-refractivity contribution >= 4 is 17.6 Å². The number of nitrogens with two attached hydrogens (primary N) is 1. The molecular weight excluding hydrogens is 364 g/mol. The molecule has 0 unspecified atom stereocenters. The van der Waals surface area contributed by atoms with E-state index >= 15 is 0 Å². The van der Waals surface area contributed by atoms with Crippen LogP contribution in [0.2, 0.25) is 0 Å². The van der Waals surface area contributed by atoms with E-state index in [9.17, 15) is 0 Å². The molecule has 4 aromatic rings. The zero-order chi connectivity index (χ0) is 20.6. The van der Waals surface area contributed by atoms with Crippen LogP contribution in [0.4, 0.5) is 0 Å². The molecular formula is C23H24N4O2. The third-order valence-electron chi connectivity index (χ3n) is 4.66. The van der Waals surface area contributed by atoms with Gasteiger partial charge in [0.25, 0.3) is 6.47 Å². The molecule has 0 saturated heterocycles. The predicted molar refractivity (Wildman–Crippen MR) is 115 cm³/mol. The van der Waals surface area contributed by atoms with Gasteiger partial charge >= 0.3 is 0 Å². The third-order valence-corrected chi connectivity index (χ3v) is 4.66. The highest BCUT2D eigenvalue weighted by molar-refractivity contribution is 5.79. The number of benzene rings is 2. The second kappa shape index (κ2) is 9.61. The molecule has 0 aliphatic carbocycles. The van der Waals surface area contributed by atoms with Crippen molar-refractivity contribution in [1.29, 1.82) is 0 Å². The van der Waals surface area contributed by atoms with E-state index in [1.807, 2.05) is 18.3 Å². The van der Waals surface area contributed by atoms with E-state index in [2.05, 4.69) is 65.0 Å². The molecule has 2 heterocycles. The topological polar surface area (TPSA) is 94.0 Å². The van der Waals surface area contributed by atoms with Crippen LogP contribution in [0, 0.1) is 0 Å². The van der Waals surface area contributed by atoms with Gasteiger partial charge in [0.15, 0.2) is 5.65 Å². The Morgan fingerprint density at radius 2 is 1.69 bits per heavy atom. The van der Waals surface area contributed by atoms with Gasteiger partial charge in [-0.3, -0.25) is 9.36 Å². The normalized spacial score (nSPS) is 10.4. The van der Waals surface area contributed by atoms with Crippen LogP contribution in [-0.2, 0) is 17.6 Å². The minimum Gasteiger partial charge on any atom is -0.483 e. The summed E-state index contributed by atoms with van der Waals surface area (Å²) in [5, 5.41) is 6.89. The van der Waals surface area contributed by atoms with E-state index < -0.39 is 0 Å². The summed E-state index contributed by atoms with van der Waals surface area (Å²) in [6.07, 6.45) is 3.72. The average molecular weight is 388 g/mol. The number of nitrogens with zero attached hydrogens (tertiary/aromatic N) is 3. The molecule has 4 rings (SSSR count). The molecule has 0 bridgehead atoms. The van der Waals surface area contributed by atoms with Crippen molar-refractivity contribution in [3.63, 3.8) is 0 Å². The van der Waals surface area contributed by atoms with Crippen molar-refractivity contribution < 1.29 is 9.90 Å². The van der Waals surface area contributed by atoms with Gasteiger partial charge in [-0.05, 0) is 54.8 Å². The number of hydrogen-bond acceptors (Lipinski definition) is 4. The second-order valence-electron chi connectivity index (χ2n) is 6.48. The molecule has 148 valence electrons. The minimum atomic E-state index is -0.250. The maximum absolute atomic E-state index is 8.36. The van der Waals surface area contributed by atoms with Crippen LogP contribution >= 0.6 is 0 Å². The summed E-state index contributed by atoms with van der Waals surface area (Å²) in [6, 6.07) is 21.0. The van der Waals surface area contributed by atoms with E-state index in [1.54, 1.807) is 0 Å². The Morgan fingerprint density at radius 1 is 1.03 bits per heavy atom. The van der Waals surface area contributed by atoms with Gasteiger partial charge in [0.2, 0.25) is 0 Å². The summed E-state index contributed by atoms with van der Waals surface area (Å²) in [6.45, 7) is 2.57. The van der Waals surface area contributed by atoms with Crippen molar-refractivity contribution in [3.8, 4) is 17.1 Å². The van der Waals surface area contributed by atoms with Crippen LogP contribution in [-0.4, -0.2) is 32.7 Å². The number of aromatic nitrogens is 3. The first kappa shape index (κ1) is 20.2. The Kier molecular flexibility index (Phi) is 6.71. The van der Waals surface area contributed by atoms with E-state index in [4.69, 9.17) is 20.6 Å². The maximum Gasteiger partial charge on any atom is 0.290 e. The van der Waals surface area contributed by atoms with Crippen LogP contribution < -0.4 is 5.73 Å². The van der Waals surface area contributed by atoms with E-state index in [0.29, 0.717) is 6.54 Å². The average Bonchev–Trinajstić information content (AvgIpc) is 3.15. The van der Waals surface area contributed by atoms with Gasteiger partial charge in [-0.25, -0.2) is 9.97 Å². The first-order valence-corrected chi connectivity index (χ1v) is 9.51. The number of pyridine rings is 1. The quantitative estimate of drug-likeness (QED) is 0.507. The van der Waals surface area contributed by atoms with Gasteiger partial charge in [0.1, 0.15) is 11.3 Å². The van der Waals surface area contributed by atoms with Gasteiger partial charge in [-0.2, -0.15) is 0 Å². The molecule has 0 fully saturated rings. The van der Waals surface area contributed by atoms with E-state index in [-0.39, 0.29) is 6.47 Å². The number of imidazole rings is 1. The summed E-state index contributed by atoms with van der Waals surface area (Å²) in [7, 11) is 0. The van der Waals surface area contributed by atoms with Crippen LogP contribution in [0.3, 0.4) is 0 Å². The largest absolute Gasteiger partial charge is 0.483 e. The Morgan fingerprint density at radius 3 is 2.31 bits per heavy atom. The molecule has 0 aliphatic heterocycles. The third kappa shape index (κ3) is 4.50. The molecule has 2 aromatic heterocycles. The summed E-state index contributed by atoms with van der Waals surface area (Å²) >= 11 is 0. The first-order chi connectivity index (χ1) is 14.2. The summed E-state index contributed by atoms with van der Waals surface area (Å²) in [4.78, 5) is 17.8. The number of rotatable bonds is 5. The van der Waals surface area contributed by atoms with Gasteiger partial charge < -0.3 is 10.8 Å². The number of fused-ring (bicyclic) bond motifs is 1. The summed E-state index contributed by atoms with van der Waals surface area (Å²) in [5.74, 6) is 0.910. The first-order valence-electron chi connectivity index (χ1n) is 9.51. The Hall–Kier alpha value is -3.51. The SMILES string of the molecule is CCc1ccc(-c2nc3cccnc3n2-c2ccc(CCN)cc2)cc1.O=CO. The number of carbonyl (C=O) groups is 1. The molecule has 6 heteroatoms. The van der Waals surface area contributed by atoms with Crippen molar-refractivity contribution in [1.82, 2.24) is 14.5 Å². The lowest BCUT2D eigenvalue weighted by molar-refractivity contribution is -0.122. The Labute approximate surface area is 169 Å². The number of hydrogen-bond donors (Lipinski definition) is 2. The van der Waals surface area contributed by atoms with Crippen LogP contribution in [0.25, 0.3) is 28.2 Å². The second-order valence-corrected chi connectivity index (χ2v) is 6.48. The highest BCUT2D eigenvalue weighted by Gasteiger charge is 2.15. The molecule has 0 radical (unpaired) electrons. The molecule has 0 aliphatic rings. The molecule has 6 nitrogen and oxygen atoms in total. The fourth-order valence-electron chi connectivity index (χ4n) is 3.22. The lowest BCUT2D eigenvalue weighted by Crippen LogP contribution is -2.03. The van der Waals surface area contributed by atoms with Gasteiger partial charge in [-0.1, -0.05) is 43.3 Å². The van der Waals surface area contributed by atoms with Crippen molar-refractivity contribution in [2.75, 3.05) is 6.54 Å². The van der Waals surface area contributed by atoms with Crippen LogP contribution in [0.5, 0.6) is 0 Å². The Balaban J connectivity index is 0.000000755. The molecule has 0 saturated carbocycles. The van der Waals surface area contributed by atoms with Gasteiger partial charge in [0.05, 0.1) is 0 Å². The monoisotopic (exact) mass is 388 g/mol.